The van der Waals surface area contributed by atoms with Gasteiger partial charge < -0.3 is 14.8 Å². The minimum absolute atomic E-state index is 0.131. The molecule has 2 aromatic heterocycles. The number of benzene rings is 1. The first-order chi connectivity index (χ1) is 12.6. The maximum Gasteiger partial charge on any atom is 0.248 e. The summed E-state index contributed by atoms with van der Waals surface area (Å²) in [4.78, 5) is 18.1. The Morgan fingerprint density at radius 1 is 1.15 bits per heavy atom. The molecule has 0 saturated heterocycles. The normalized spacial score (nSPS) is 13.2. The van der Waals surface area contributed by atoms with Crippen LogP contribution < -0.4 is 10.3 Å². The van der Waals surface area contributed by atoms with Crippen LogP contribution in [0.15, 0.2) is 71.9 Å². The molecule has 0 spiro atoms. The molecule has 0 aliphatic heterocycles. The quantitative estimate of drug-likeness (QED) is 0.686. The predicted molar refractivity (Wildman–Crippen MR) is 101 cm³/mol. The highest BCUT2D eigenvalue weighted by atomic mass is 16.5. The zero-order valence-corrected chi connectivity index (χ0v) is 14.6. The zero-order chi connectivity index (χ0) is 18.4. The molecule has 0 radical (unpaired) electrons. The molecular formula is C21H22N2O3. The number of aliphatic hydroxyl groups is 1. The van der Waals surface area contributed by atoms with Gasteiger partial charge in [0, 0.05) is 24.7 Å². The lowest BCUT2D eigenvalue weighted by Crippen LogP contribution is -2.29. The fourth-order valence-corrected chi connectivity index (χ4v) is 2.74. The molecule has 2 heterocycles. The molecule has 134 valence electrons. The van der Waals surface area contributed by atoms with Gasteiger partial charge in [0.05, 0.1) is 6.10 Å². The van der Waals surface area contributed by atoms with Crippen LogP contribution in [0.4, 0.5) is 0 Å². The Kier molecular flexibility index (Phi) is 5.81. The highest BCUT2D eigenvalue weighted by Crippen LogP contribution is 2.22. The zero-order valence-electron chi connectivity index (χ0n) is 14.6. The lowest BCUT2D eigenvalue weighted by atomic mass is 10.1. The Morgan fingerprint density at radius 3 is 2.65 bits per heavy atom. The standard InChI is InChI=1S/C21H22N2O3/c1-15(20(24)9-4-16-3-2-11-22-14-16)26-19-7-5-17(6-8-19)18-10-12-23-21(25)13-18/h2-3,5-8,10-15,20,24H,4,9H2,1H3,(H,23,25)/t15-,20+/m1/s1. The van der Waals surface area contributed by atoms with Crippen LogP contribution in [0.1, 0.15) is 18.9 Å². The fourth-order valence-electron chi connectivity index (χ4n) is 2.74. The van der Waals surface area contributed by atoms with Crippen molar-refractivity contribution in [2.45, 2.75) is 32.0 Å². The molecule has 0 bridgehead atoms. The number of aromatic amines is 1. The van der Waals surface area contributed by atoms with Gasteiger partial charge in [0.15, 0.2) is 0 Å². The summed E-state index contributed by atoms with van der Waals surface area (Å²) >= 11 is 0. The van der Waals surface area contributed by atoms with Crippen LogP contribution in [0.2, 0.25) is 0 Å². The average Bonchev–Trinajstić information content (AvgIpc) is 2.67. The summed E-state index contributed by atoms with van der Waals surface area (Å²) in [5.41, 5.74) is 2.76. The summed E-state index contributed by atoms with van der Waals surface area (Å²) in [6.45, 7) is 1.86. The molecule has 0 aliphatic rings. The number of nitrogens with one attached hydrogen (secondary N) is 1. The second kappa shape index (κ2) is 8.45. The van der Waals surface area contributed by atoms with Crippen molar-refractivity contribution in [1.82, 2.24) is 9.97 Å². The Morgan fingerprint density at radius 2 is 1.96 bits per heavy atom. The molecule has 0 saturated carbocycles. The van der Waals surface area contributed by atoms with E-state index in [9.17, 15) is 9.90 Å². The number of hydrogen-bond donors (Lipinski definition) is 2. The molecule has 2 atom stereocenters. The van der Waals surface area contributed by atoms with E-state index in [-0.39, 0.29) is 11.7 Å². The number of hydrogen-bond acceptors (Lipinski definition) is 4. The van der Waals surface area contributed by atoms with E-state index in [1.807, 2.05) is 55.6 Å². The van der Waals surface area contributed by atoms with Crippen molar-refractivity contribution < 1.29 is 9.84 Å². The van der Waals surface area contributed by atoms with E-state index in [1.165, 1.54) is 0 Å². The van der Waals surface area contributed by atoms with Gasteiger partial charge in [0.25, 0.3) is 0 Å². The Balaban J connectivity index is 1.57. The van der Waals surface area contributed by atoms with Crippen molar-refractivity contribution in [3.8, 4) is 16.9 Å². The summed E-state index contributed by atoms with van der Waals surface area (Å²) in [6.07, 6.45) is 5.65. The van der Waals surface area contributed by atoms with Crippen LogP contribution in [0.3, 0.4) is 0 Å². The third-order valence-electron chi connectivity index (χ3n) is 4.28. The minimum atomic E-state index is -0.567. The van der Waals surface area contributed by atoms with Gasteiger partial charge in [0.2, 0.25) is 5.56 Å². The van der Waals surface area contributed by atoms with Gasteiger partial charge in [-0.3, -0.25) is 9.78 Å². The summed E-state index contributed by atoms with van der Waals surface area (Å²) in [7, 11) is 0. The van der Waals surface area contributed by atoms with E-state index in [2.05, 4.69) is 9.97 Å². The first-order valence-electron chi connectivity index (χ1n) is 8.64. The van der Waals surface area contributed by atoms with Gasteiger partial charge in [-0.15, -0.1) is 0 Å². The first kappa shape index (κ1) is 17.9. The summed E-state index contributed by atoms with van der Waals surface area (Å²) < 4.78 is 5.85. The lowest BCUT2D eigenvalue weighted by Gasteiger charge is -2.20. The number of pyridine rings is 2. The largest absolute Gasteiger partial charge is 0.488 e. The van der Waals surface area contributed by atoms with Gasteiger partial charge in [0.1, 0.15) is 11.9 Å². The first-order valence-corrected chi connectivity index (χ1v) is 8.64. The number of rotatable bonds is 7. The maximum atomic E-state index is 11.4. The number of aryl methyl sites for hydroxylation is 1. The number of H-pyrrole nitrogens is 1. The highest BCUT2D eigenvalue weighted by molar-refractivity contribution is 5.63. The predicted octanol–water partition coefficient (Wildman–Crippen LogP) is 3.20. The van der Waals surface area contributed by atoms with Crippen LogP contribution in [0.5, 0.6) is 5.75 Å². The van der Waals surface area contributed by atoms with Gasteiger partial charge >= 0.3 is 0 Å². The second-order valence-corrected chi connectivity index (χ2v) is 6.26. The lowest BCUT2D eigenvalue weighted by molar-refractivity contribution is 0.0420. The molecule has 0 aliphatic carbocycles. The van der Waals surface area contributed by atoms with Crippen LogP contribution in [-0.2, 0) is 6.42 Å². The van der Waals surface area contributed by atoms with Crippen LogP contribution in [-0.4, -0.2) is 27.3 Å². The highest BCUT2D eigenvalue weighted by Gasteiger charge is 2.16. The third kappa shape index (κ3) is 4.80. The molecule has 26 heavy (non-hydrogen) atoms. The van der Waals surface area contributed by atoms with Crippen LogP contribution in [0, 0.1) is 0 Å². The van der Waals surface area contributed by atoms with Crippen molar-refractivity contribution in [3.05, 3.63) is 83.0 Å². The summed E-state index contributed by atoms with van der Waals surface area (Å²) in [5.74, 6) is 0.687. The molecular weight excluding hydrogens is 328 g/mol. The second-order valence-electron chi connectivity index (χ2n) is 6.26. The molecule has 3 aromatic rings. The average molecular weight is 350 g/mol. The fraction of sp³-hybridized carbons (Fsp3) is 0.238. The van der Waals surface area contributed by atoms with E-state index in [1.54, 1.807) is 18.5 Å². The van der Waals surface area contributed by atoms with Gasteiger partial charge in [-0.05, 0) is 60.7 Å². The molecule has 0 fully saturated rings. The molecule has 3 rings (SSSR count). The molecule has 2 N–H and O–H groups in total. The molecule has 0 amide bonds. The van der Waals surface area contributed by atoms with Crippen molar-refractivity contribution in [1.29, 1.82) is 0 Å². The van der Waals surface area contributed by atoms with Crippen LogP contribution >= 0.6 is 0 Å². The Hall–Kier alpha value is -2.92. The minimum Gasteiger partial charge on any atom is -0.488 e. The van der Waals surface area contributed by atoms with Gasteiger partial charge in [-0.1, -0.05) is 18.2 Å². The van der Waals surface area contributed by atoms with Crippen molar-refractivity contribution in [2.75, 3.05) is 0 Å². The molecule has 1 aromatic carbocycles. The van der Waals surface area contributed by atoms with Crippen molar-refractivity contribution >= 4 is 0 Å². The number of ether oxygens (including phenoxy) is 1. The number of nitrogens with zero attached hydrogens (tertiary/aromatic N) is 1. The van der Waals surface area contributed by atoms with E-state index in [0.29, 0.717) is 12.2 Å². The monoisotopic (exact) mass is 350 g/mol. The van der Waals surface area contributed by atoms with E-state index < -0.39 is 6.10 Å². The van der Waals surface area contributed by atoms with Gasteiger partial charge in [-0.25, -0.2) is 0 Å². The van der Waals surface area contributed by atoms with E-state index in [4.69, 9.17) is 4.74 Å². The smallest absolute Gasteiger partial charge is 0.248 e. The number of aromatic nitrogens is 2. The summed E-state index contributed by atoms with van der Waals surface area (Å²) in [6, 6.07) is 14.8. The SMILES string of the molecule is C[C@@H](Oc1ccc(-c2cc[nH]c(=O)c2)cc1)[C@@H](O)CCc1cccnc1. The summed E-state index contributed by atoms with van der Waals surface area (Å²) in [5, 5.41) is 10.3. The van der Waals surface area contributed by atoms with Gasteiger partial charge in [-0.2, -0.15) is 0 Å². The molecule has 5 nitrogen and oxygen atoms in total. The maximum absolute atomic E-state index is 11.4. The van der Waals surface area contributed by atoms with E-state index in [0.717, 1.165) is 23.1 Å². The topological polar surface area (TPSA) is 75.2 Å². The van der Waals surface area contributed by atoms with Crippen LogP contribution in [0.25, 0.3) is 11.1 Å². The van der Waals surface area contributed by atoms with Crippen molar-refractivity contribution in [2.24, 2.45) is 0 Å². The third-order valence-corrected chi connectivity index (χ3v) is 4.28. The molecule has 0 unspecified atom stereocenters. The number of aliphatic hydroxyl groups excluding tert-OH is 1. The van der Waals surface area contributed by atoms with E-state index >= 15 is 0 Å². The Labute approximate surface area is 152 Å². The molecule has 5 heteroatoms. The van der Waals surface area contributed by atoms with Crippen molar-refractivity contribution in [3.63, 3.8) is 0 Å². The Bertz CT molecular complexity index is 876.